The third kappa shape index (κ3) is 2.73. The molecular weight excluding hydrogens is 204 g/mol. The summed E-state index contributed by atoms with van der Waals surface area (Å²) in [5, 5.41) is 27.6. The standard InChI is InChI=1S/C7H10N4O4/c1-4(7(14)15)11-5(8-9-10-11)2-3-6(12)13/h4H,2-3H2,1H3,(H,12,13)(H,14,15). The van der Waals surface area contributed by atoms with E-state index in [0.717, 1.165) is 4.68 Å². The Labute approximate surface area is 84.5 Å². The largest absolute Gasteiger partial charge is 0.481 e. The third-order valence-corrected chi connectivity index (χ3v) is 1.85. The Balaban J connectivity index is 2.77. The van der Waals surface area contributed by atoms with Gasteiger partial charge >= 0.3 is 11.9 Å². The van der Waals surface area contributed by atoms with Gasteiger partial charge in [0.15, 0.2) is 5.82 Å². The number of rotatable bonds is 5. The predicted octanol–water partition coefficient (Wildman–Crippen LogP) is -0.664. The molecule has 8 heteroatoms. The highest BCUT2D eigenvalue weighted by Crippen LogP contribution is 2.07. The number of aryl methyl sites for hydroxylation is 1. The summed E-state index contributed by atoms with van der Waals surface area (Å²) in [6.07, 6.45) is -0.0212. The Morgan fingerprint density at radius 2 is 2.13 bits per heavy atom. The first-order valence-electron chi connectivity index (χ1n) is 4.23. The predicted molar refractivity (Wildman–Crippen MR) is 46.1 cm³/mol. The van der Waals surface area contributed by atoms with E-state index in [1.165, 1.54) is 6.92 Å². The van der Waals surface area contributed by atoms with Crippen molar-refractivity contribution in [3.05, 3.63) is 5.82 Å². The Kier molecular flexibility index (Phi) is 3.32. The molecule has 1 aromatic heterocycles. The number of tetrazole rings is 1. The molecule has 0 saturated carbocycles. The molecular formula is C7H10N4O4. The van der Waals surface area contributed by atoms with Crippen molar-refractivity contribution in [2.45, 2.75) is 25.8 Å². The third-order valence-electron chi connectivity index (χ3n) is 1.85. The van der Waals surface area contributed by atoms with Gasteiger partial charge in [-0.05, 0) is 17.4 Å². The first-order valence-corrected chi connectivity index (χ1v) is 4.23. The summed E-state index contributed by atoms with van der Waals surface area (Å²) in [5.74, 6) is -1.79. The normalized spacial score (nSPS) is 12.3. The van der Waals surface area contributed by atoms with Crippen molar-refractivity contribution in [1.29, 1.82) is 0 Å². The number of carbonyl (C=O) groups is 2. The van der Waals surface area contributed by atoms with Crippen molar-refractivity contribution < 1.29 is 19.8 Å². The molecule has 2 N–H and O–H groups in total. The Bertz CT molecular complexity index is 375. The number of nitrogens with zero attached hydrogens (tertiary/aromatic N) is 4. The molecule has 0 amide bonds. The number of hydrogen-bond acceptors (Lipinski definition) is 5. The fourth-order valence-electron chi connectivity index (χ4n) is 1.00. The van der Waals surface area contributed by atoms with Crippen molar-refractivity contribution >= 4 is 11.9 Å². The number of carboxylic acid groups (broad SMARTS) is 2. The van der Waals surface area contributed by atoms with Crippen molar-refractivity contribution in [3.8, 4) is 0 Å². The van der Waals surface area contributed by atoms with E-state index in [-0.39, 0.29) is 18.7 Å². The highest BCUT2D eigenvalue weighted by molar-refractivity contribution is 5.71. The van der Waals surface area contributed by atoms with Gasteiger partial charge < -0.3 is 10.2 Å². The van der Waals surface area contributed by atoms with E-state index in [2.05, 4.69) is 15.5 Å². The molecule has 1 rings (SSSR count). The van der Waals surface area contributed by atoms with E-state index in [4.69, 9.17) is 10.2 Å². The lowest BCUT2D eigenvalue weighted by Gasteiger charge is -2.07. The van der Waals surface area contributed by atoms with Crippen LogP contribution < -0.4 is 0 Å². The zero-order chi connectivity index (χ0) is 11.4. The van der Waals surface area contributed by atoms with Crippen LogP contribution in [-0.2, 0) is 16.0 Å². The fraction of sp³-hybridized carbons (Fsp3) is 0.571. The Hall–Kier alpha value is -1.99. The van der Waals surface area contributed by atoms with Crippen molar-refractivity contribution in [2.24, 2.45) is 0 Å². The molecule has 0 radical (unpaired) electrons. The average molecular weight is 214 g/mol. The molecule has 15 heavy (non-hydrogen) atoms. The number of hydrogen-bond donors (Lipinski definition) is 2. The summed E-state index contributed by atoms with van der Waals surface area (Å²) >= 11 is 0. The molecule has 0 aliphatic rings. The van der Waals surface area contributed by atoms with E-state index in [0.29, 0.717) is 0 Å². The van der Waals surface area contributed by atoms with Gasteiger partial charge in [0.05, 0.1) is 6.42 Å². The molecule has 0 aliphatic heterocycles. The van der Waals surface area contributed by atoms with E-state index in [1.54, 1.807) is 0 Å². The van der Waals surface area contributed by atoms with Crippen LogP contribution in [0.2, 0.25) is 0 Å². The van der Waals surface area contributed by atoms with E-state index >= 15 is 0 Å². The van der Waals surface area contributed by atoms with Gasteiger partial charge in [0.1, 0.15) is 6.04 Å². The van der Waals surface area contributed by atoms with Gasteiger partial charge in [0, 0.05) is 6.42 Å². The van der Waals surface area contributed by atoms with Gasteiger partial charge in [-0.2, -0.15) is 0 Å². The van der Waals surface area contributed by atoms with Crippen LogP contribution in [-0.4, -0.2) is 42.4 Å². The number of aliphatic carboxylic acids is 2. The summed E-state index contributed by atoms with van der Waals surface area (Å²) in [4.78, 5) is 21.0. The quantitative estimate of drug-likeness (QED) is 0.667. The lowest BCUT2D eigenvalue weighted by Crippen LogP contribution is -2.19. The summed E-state index contributed by atoms with van der Waals surface area (Å²) in [5.41, 5.74) is 0. The molecule has 1 aromatic rings. The molecule has 0 bridgehead atoms. The topological polar surface area (TPSA) is 118 Å². The zero-order valence-corrected chi connectivity index (χ0v) is 7.99. The van der Waals surface area contributed by atoms with Crippen LogP contribution in [0.5, 0.6) is 0 Å². The van der Waals surface area contributed by atoms with Crippen LogP contribution in [0, 0.1) is 0 Å². The van der Waals surface area contributed by atoms with Gasteiger partial charge in [0.25, 0.3) is 0 Å². The van der Waals surface area contributed by atoms with Crippen LogP contribution in [0.1, 0.15) is 25.2 Å². The second kappa shape index (κ2) is 4.49. The van der Waals surface area contributed by atoms with Crippen LogP contribution in [0.3, 0.4) is 0 Å². The maximum Gasteiger partial charge on any atom is 0.328 e. The maximum absolute atomic E-state index is 10.7. The van der Waals surface area contributed by atoms with Crippen LogP contribution in [0.4, 0.5) is 0 Å². The lowest BCUT2D eigenvalue weighted by molar-refractivity contribution is -0.140. The van der Waals surface area contributed by atoms with Crippen molar-refractivity contribution in [1.82, 2.24) is 20.2 Å². The second-order valence-electron chi connectivity index (χ2n) is 2.95. The highest BCUT2D eigenvalue weighted by atomic mass is 16.4. The van der Waals surface area contributed by atoms with E-state index in [1.807, 2.05) is 0 Å². The molecule has 1 unspecified atom stereocenters. The molecule has 1 heterocycles. The molecule has 0 spiro atoms. The van der Waals surface area contributed by atoms with Gasteiger partial charge in [-0.1, -0.05) is 0 Å². The molecule has 82 valence electrons. The lowest BCUT2D eigenvalue weighted by atomic mass is 10.3. The van der Waals surface area contributed by atoms with Crippen LogP contribution in [0.15, 0.2) is 0 Å². The Morgan fingerprint density at radius 1 is 1.47 bits per heavy atom. The molecule has 0 saturated heterocycles. The second-order valence-corrected chi connectivity index (χ2v) is 2.95. The zero-order valence-electron chi connectivity index (χ0n) is 7.99. The highest BCUT2D eigenvalue weighted by Gasteiger charge is 2.19. The fourth-order valence-corrected chi connectivity index (χ4v) is 1.00. The van der Waals surface area contributed by atoms with Crippen LogP contribution in [0.25, 0.3) is 0 Å². The molecule has 0 aliphatic carbocycles. The molecule has 1 atom stereocenters. The van der Waals surface area contributed by atoms with Gasteiger partial charge in [-0.15, -0.1) is 5.10 Å². The SMILES string of the molecule is CC(C(=O)O)n1nnnc1CCC(=O)O. The smallest absolute Gasteiger partial charge is 0.328 e. The minimum atomic E-state index is -1.07. The first kappa shape index (κ1) is 11.1. The minimum absolute atomic E-state index is 0.111. The molecule has 0 aromatic carbocycles. The molecule has 0 fully saturated rings. The van der Waals surface area contributed by atoms with Crippen molar-refractivity contribution in [3.63, 3.8) is 0 Å². The summed E-state index contributed by atoms with van der Waals surface area (Å²) in [7, 11) is 0. The summed E-state index contributed by atoms with van der Waals surface area (Å²) in [6, 6.07) is -0.899. The van der Waals surface area contributed by atoms with E-state index in [9.17, 15) is 9.59 Å². The summed E-state index contributed by atoms with van der Waals surface area (Å²) in [6.45, 7) is 1.42. The van der Waals surface area contributed by atoms with E-state index < -0.39 is 18.0 Å². The first-order chi connectivity index (χ1) is 7.02. The summed E-state index contributed by atoms with van der Waals surface area (Å²) < 4.78 is 1.10. The van der Waals surface area contributed by atoms with Gasteiger partial charge in [-0.3, -0.25) is 4.79 Å². The average Bonchev–Trinajstić information content (AvgIpc) is 2.60. The van der Waals surface area contributed by atoms with Crippen LogP contribution >= 0.6 is 0 Å². The number of carboxylic acids is 2. The molecule has 8 nitrogen and oxygen atoms in total. The van der Waals surface area contributed by atoms with Crippen molar-refractivity contribution in [2.75, 3.05) is 0 Å². The van der Waals surface area contributed by atoms with Gasteiger partial charge in [0.2, 0.25) is 0 Å². The monoisotopic (exact) mass is 214 g/mol. The Morgan fingerprint density at radius 3 is 2.67 bits per heavy atom. The number of aromatic nitrogens is 4. The minimum Gasteiger partial charge on any atom is -0.481 e. The maximum atomic E-state index is 10.7. The van der Waals surface area contributed by atoms with Gasteiger partial charge in [-0.25, -0.2) is 9.48 Å².